The van der Waals surface area contributed by atoms with Crippen LogP contribution in [0.4, 0.5) is 0 Å². The van der Waals surface area contributed by atoms with Crippen molar-refractivity contribution in [3.63, 3.8) is 0 Å². The van der Waals surface area contributed by atoms with Gasteiger partial charge in [0.15, 0.2) is 0 Å². The molecule has 0 aliphatic heterocycles. The van der Waals surface area contributed by atoms with E-state index in [9.17, 15) is 5.11 Å². The van der Waals surface area contributed by atoms with Gasteiger partial charge in [-0.2, -0.15) is 0 Å². The first kappa shape index (κ1) is 10.5. The van der Waals surface area contributed by atoms with Crippen LogP contribution in [0.1, 0.15) is 64.7 Å². The Morgan fingerprint density at radius 1 is 1.14 bits per heavy atom. The van der Waals surface area contributed by atoms with Crippen LogP contribution in [0.25, 0.3) is 0 Å². The van der Waals surface area contributed by atoms with Crippen molar-refractivity contribution < 1.29 is 5.11 Å². The van der Waals surface area contributed by atoms with Crippen LogP contribution in [-0.4, -0.2) is 10.7 Å². The fourth-order valence-electron chi connectivity index (χ4n) is 3.52. The minimum absolute atomic E-state index is 0.263. The lowest BCUT2D eigenvalue weighted by atomic mass is 9.75. The minimum atomic E-state index is -0.263. The Morgan fingerprint density at radius 3 is 2.43 bits per heavy atom. The van der Waals surface area contributed by atoms with Gasteiger partial charge in [0.25, 0.3) is 0 Å². The summed E-state index contributed by atoms with van der Waals surface area (Å²) in [5.74, 6) is 1.44. The second-order valence-corrected chi connectivity index (χ2v) is 5.46. The summed E-state index contributed by atoms with van der Waals surface area (Å²) in [6, 6.07) is 0. The Morgan fingerprint density at radius 2 is 1.86 bits per heavy atom. The van der Waals surface area contributed by atoms with Gasteiger partial charge < -0.3 is 5.11 Å². The topological polar surface area (TPSA) is 20.2 Å². The average molecular weight is 196 g/mol. The maximum Gasteiger partial charge on any atom is 0.0678 e. The van der Waals surface area contributed by atoms with Crippen LogP contribution in [0.15, 0.2) is 0 Å². The van der Waals surface area contributed by atoms with Gasteiger partial charge in [0.2, 0.25) is 0 Å². The molecule has 14 heavy (non-hydrogen) atoms. The second kappa shape index (κ2) is 4.22. The van der Waals surface area contributed by atoms with E-state index in [0.29, 0.717) is 5.92 Å². The third-order valence-corrected chi connectivity index (χ3v) is 4.57. The van der Waals surface area contributed by atoms with Gasteiger partial charge in [0.05, 0.1) is 5.60 Å². The third kappa shape index (κ3) is 1.98. The van der Waals surface area contributed by atoms with Crippen molar-refractivity contribution in [2.75, 3.05) is 0 Å². The Kier molecular flexibility index (Phi) is 3.16. The summed E-state index contributed by atoms with van der Waals surface area (Å²) in [5, 5.41) is 10.6. The molecular weight excluding hydrogens is 172 g/mol. The van der Waals surface area contributed by atoms with Crippen molar-refractivity contribution >= 4 is 0 Å². The summed E-state index contributed by atoms with van der Waals surface area (Å²) < 4.78 is 0. The molecule has 0 radical (unpaired) electrons. The van der Waals surface area contributed by atoms with Crippen LogP contribution in [0.2, 0.25) is 0 Å². The maximum absolute atomic E-state index is 10.6. The third-order valence-electron chi connectivity index (χ3n) is 4.57. The zero-order chi connectivity index (χ0) is 10.0. The molecule has 0 bridgehead atoms. The molecule has 82 valence electrons. The summed E-state index contributed by atoms with van der Waals surface area (Å²) in [5.41, 5.74) is -0.263. The normalized spacial score (nSPS) is 40.3. The largest absolute Gasteiger partial charge is 0.390 e. The molecule has 0 spiro atoms. The van der Waals surface area contributed by atoms with E-state index in [1.54, 1.807) is 0 Å². The number of hydrogen-bond donors (Lipinski definition) is 1. The zero-order valence-electron chi connectivity index (χ0n) is 9.47. The van der Waals surface area contributed by atoms with Gasteiger partial charge in [-0.3, -0.25) is 0 Å². The molecule has 2 rings (SSSR count). The van der Waals surface area contributed by atoms with Gasteiger partial charge in [-0.15, -0.1) is 0 Å². The SMILES string of the molecule is CCC1CCC(O)(C2CCCCC2)C1. The molecule has 2 aliphatic carbocycles. The summed E-state index contributed by atoms with van der Waals surface area (Å²) in [4.78, 5) is 0. The number of aliphatic hydroxyl groups is 1. The maximum atomic E-state index is 10.6. The van der Waals surface area contributed by atoms with Gasteiger partial charge in [0.1, 0.15) is 0 Å². The molecule has 2 saturated carbocycles. The molecule has 0 saturated heterocycles. The molecule has 1 N–H and O–H groups in total. The molecule has 2 atom stereocenters. The average Bonchev–Trinajstić information content (AvgIpc) is 2.63. The van der Waals surface area contributed by atoms with E-state index in [1.165, 1.54) is 44.9 Å². The first-order valence-corrected chi connectivity index (χ1v) is 6.47. The lowest BCUT2D eigenvalue weighted by Crippen LogP contribution is -2.36. The highest BCUT2D eigenvalue weighted by molar-refractivity contribution is 4.94. The lowest BCUT2D eigenvalue weighted by molar-refractivity contribution is -0.0301. The van der Waals surface area contributed by atoms with Crippen LogP contribution in [-0.2, 0) is 0 Å². The van der Waals surface area contributed by atoms with E-state index in [4.69, 9.17) is 0 Å². The molecule has 0 aromatic rings. The summed E-state index contributed by atoms with van der Waals surface area (Å²) in [7, 11) is 0. The van der Waals surface area contributed by atoms with Crippen molar-refractivity contribution in [2.24, 2.45) is 11.8 Å². The first-order valence-electron chi connectivity index (χ1n) is 6.47. The second-order valence-electron chi connectivity index (χ2n) is 5.46. The monoisotopic (exact) mass is 196 g/mol. The van der Waals surface area contributed by atoms with E-state index < -0.39 is 0 Å². The Bertz CT molecular complexity index is 184. The Hall–Kier alpha value is -0.0400. The van der Waals surface area contributed by atoms with Crippen molar-refractivity contribution in [1.82, 2.24) is 0 Å². The van der Waals surface area contributed by atoms with E-state index in [0.717, 1.165) is 18.8 Å². The molecule has 0 amide bonds. The molecule has 0 aromatic carbocycles. The van der Waals surface area contributed by atoms with Crippen molar-refractivity contribution in [1.29, 1.82) is 0 Å². The van der Waals surface area contributed by atoms with E-state index in [1.807, 2.05) is 0 Å². The Balaban J connectivity index is 1.94. The molecule has 2 aliphatic rings. The fourth-order valence-corrected chi connectivity index (χ4v) is 3.52. The van der Waals surface area contributed by atoms with Crippen LogP contribution >= 0.6 is 0 Å². The van der Waals surface area contributed by atoms with Crippen LogP contribution in [0.3, 0.4) is 0 Å². The molecule has 2 fully saturated rings. The van der Waals surface area contributed by atoms with Crippen LogP contribution in [0.5, 0.6) is 0 Å². The minimum Gasteiger partial charge on any atom is -0.390 e. The standard InChI is InChI=1S/C13H24O/c1-2-11-8-9-13(14,10-11)12-6-4-3-5-7-12/h11-12,14H,2-10H2,1H3. The number of rotatable bonds is 2. The van der Waals surface area contributed by atoms with E-state index in [2.05, 4.69) is 6.92 Å². The van der Waals surface area contributed by atoms with Gasteiger partial charge in [-0.25, -0.2) is 0 Å². The fraction of sp³-hybridized carbons (Fsp3) is 1.00. The zero-order valence-corrected chi connectivity index (χ0v) is 9.47. The summed E-state index contributed by atoms with van der Waals surface area (Å²) in [6.45, 7) is 2.26. The highest BCUT2D eigenvalue weighted by atomic mass is 16.3. The highest BCUT2D eigenvalue weighted by Gasteiger charge is 2.42. The van der Waals surface area contributed by atoms with Gasteiger partial charge in [-0.05, 0) is 43.9 Å². The molecule has 0 aromatic heterocycles. The molecule has 0 heterocycles. The van der Waals surface area contributed by atoms with Crippen molar-refractivity contribution in [2.45, 2.75) is 70.3 Å². The smallest absolute Gasteiger partial charge is 0.0678 e. The van der Waals surface area contributed by atoms with Crippen molar-refractivity contribution in [3.8, 4) is 0 Å². The summed E-state index contributed by atoms with van der Waals surface area (Å²) >= 11 is 0. The predicted molar refractivity (Wildman–Crippen MR) is 59.2 cm³/mol. The molecule has 1 heteroatoms. The quantitative estimate of drug-likeness (QED) is 0.716. The molecule has 1 nitrogen and oxygen atoms in total. The first-order chi connectivity index (χ1) is 6.74. The van der Waals surface area contributed by atoms with Gasteiger partial charge in [-0.1, -0.05) is 32.6 Å². The number of hydrogen-bond acceptors (Lipinski definition) is 1. The molecular formula is C13H24O. The van der Waals surface area contributed by atoms with Crippen molar-refractivity contribution in [3.05, 3.63) is 0 Å². The summed E-state index contributed by atoms with van der Waals surface area (Å²) in [6.07, 6.45) is 11.4. The van der Waals surface area contributed by atoms with Crippen LogP contribution in [0, 0.1) is 11.8 Å². The lowest BCUT2D eigenvalue weighted by Gasteiger charge is -2.35. The Labute approximate surface area is 87.9 Å². The van der Waals surface area contributed by atoms with Crippen LogP contribution < -0.4 is 0 Å². The predicted octanol–water partition coefficient (Wildman–Crippen LogP) is 3.51. The van der Waals surface area contributed by atoms with Gasteiger partial charge in [0, 0.05) is 0 Å². The molecule has 2 unspecified atom stereocenters. The van der Waals surface area contributed by atoms with E-state index in [-0.39, 0.29) is 5.60 Å². The highest BCUT2D eigenvalue weighted by Crippen LogP contribution is 2.45. The van der Waals surface area contributed by atoms with E-state index >= 15 is 0 Å². The van der Waals surface area contributed by atoms with Gasteiger partial charge >= 0.3 is 0 Å².